The van der Waals surface area contributed by atoms with Crippen molar-refractivity contribution in [1.29, 1.82) is 0 Å². The number of amides is 2. The molecular formula is C17H23ClN2O4S2. The van der Waals surface area contributed by atoms with Crippen LogP contribution >= 0.6 is 22.9 Å². The average Bonchev–Trinajstić information content (AvgIpc) is 3.01. The predicted octanol–water partition coefficient (Wildman–Crippen LogP) is 3.17. The lowest BCUT2D eigenvalue weighted by Crippen LogP contribution is -2.67. The second-order valence-corrected chi connectivity index (χ2v) is 10.9. The maximum absolute atomic E-state index is 12.6. The molecule has 9 heteroatoms. The highest BCUT2D eigenvalue weighted by Gasteiger charge is 2.50. The number of nitrogens with zero attached hydrogens (tertiary/aromatic N) is 1. The Labute approximate surface area is 163 Å². The fourth-order valence-corrected chi connectivity index (χ4v) is 6.23. The Morgan fingerprint density at radius 3 is 2.54 bits per heavy atom. The topological polar surface area (TPSA) is 83.6 Å². The Hall–Kier alpha value is -1.12. The predicted molar refractivity (Wildman–Crippen MR) is 101 cm³/mol. The van der Waals surface area contributed by atoms with Crippen LogP contribution in [0, 0.1) is 5.92 Å². The smallest absolute Gasteiger partial charge is 0.273 e. The highest BCUT2D eigenvalue weighted by atomic mass is 35.5. The summed E-state index contributed by atoms with van der Waals surface area (Å²) in [5, 5.41) is 0. The lowest BCUT2D eigenvalue weighted by Gasteiger charge is -2.49. The first-order valence-corrected chi connectivity index (χ1v) is 11.5. The van der Waals surface area contributed by atoms with Gasteiger partial charge < -0.3 is 4.90 Å². The molecular weight excluding hydrogens is 396 g/mol. The third kappa shape index (κ3) is 3.92. The zero-order valence-electron chi connectivity index (χ0n) is 14.7. The van der Waals surface area contributed by atoms with Crippen molar-refractivity contribution in [2.24, 2.45) is 5.92 Å². The van der Waals surface area contributed by atoms with E-state index in [2.05, 4.69) is 4.72 Å². The van der Waals surface area contributed by atoms with Crippen LogP contribution in [0.15, 0.2) is 16.3 Å². The second-order valence-electron chi connectivity index (χ2n) is 7.27. The molecule has 144 valence electrons. The molecule has 2 amide bonds. The van der Waals surface area contributed by atoms with E-state index < -0.39 is 21.5 Å². The summed E-state index contributed by atoms with van der Waals surface area (Å²) in [5.41, 5.74) is -1.11. The molecule has 1 saturated carbocycles. The fraction of sp³-hybridized carbons (Fsp3) is 0.647. The molecule has 1 saturated heterocycles. The van der Waals surface area contributed by atoms with Crippen molar-refractivity contribution in [3.05, 3.63) is 16.5 Å². The van der Waals surface area contributed by atoms with E-state index in [-0.39, 0.29) is 10.1 Å². The molecule has 2 heterocycles. The minimum Gasteiger partial charge on any atom is -0.328 e. The lowest BCUT2D eigenvalue weighted by molar-refractivity contribution is -0.157. The first kappa shape index (κ1) is 19.6. The van der Waals surface area contributed by atoms with E-state index in [9.17, 15) is 18.0 Å². The summed E-state index contributed by atoms with van der Waals surface area (Å²) in [4.78, 5) is 26.8. The lowest BCUT2D eigenvalue weighted by atomic mass is 9.82. The SMILES string of the molecule is CC1(C(=O)NS(=O)(=O)c2ccc(Cl)s2)CCN1C(=O)CC1CCCCC1. The van der Waals surface area contributed by atoms with Gasteiger partial charge in [-0.1, -0.05) is 30.9 Å². The summed E-state index contributed by atoms with van der Waals surface area (Å²) < 4.78 is 27.1. The van der Waals surface area contributed by atoms with Crippen LogP contribution in [0.4, 0.5) is 0 Å². The van der Waals surface area contributed by atoms with Gasteiger partial charge in [0.05, 0.1) is 4.34 Å². The van der Waals surface area contributed by atoms with E-state index in [0.717, 1.165) is 37.0 Å². The summed E-state index contributed by atoms with van der Waals surface area (Å²) >= 11 is 6.66. The minimum atomic E-state index is -3.98. The molecule has 1 N–H and O–H groups in total. The van der Waals surface area contributed by atoms with Crippen molar-refractivity contribution >= 4 is 44.8 Å². The monoisotopic (exact) mass is 418 g/mol. The zero-order chi connectivity index (χ0) is 18.9. The molecule has 0 spiro atoms. The van der Waals surface area contributed by atoms with Crippen molar-refractivity contribution < 1.29 is 18.0 Å². The molecule has 1 unspecified atom stereocenters. The average molecular weight is 419 g/mol. The third-order valence-electron chi connectivity index (χ3n) is 5.44. The van der Waals surface area contributed by atoms with E-state index in [0.29, 0.717) is 29.6 Å². The quantitative estimate of drug-likeness (QED) is 0.795. The molecule has 2 aliphatic rings. The second kappa shape index (κ2) is 7.48. The molecule has 0 bridgehead atoms. The summed E-state index contributed by atoms with van der Waals surface area (Å²) in [6.45, 7) is 2.11. The number of likely N-dealkylation sites (tertiary alicyclic amines) is 1. The Kier molecular flexibility index (Phi) is 5.65. The van der Waals surface area contributed by atoms with Crippen LogP contribution in [-0.2, 0) is 19.6 Å². The number of halogens is 1. The Bertz CT molecular complexity index is 801. The Morgan fingerprint density at radius 2 is 2.00 bits per heavy atom. The van der Waals surface area contributed by atoms with E-state index in [1.165, 1.54) is 23.5 Å². The van der Waals surface area contributed by atoms with E-state index >= 15 is 0 Å². The largest absolute Gasteiger partial charge is 0.328 e. The van der Waals surface area contributed by atoms with Crippen LogP contribution in [0.3, 0.4) is 0 Å². The maximum atomic E-state index is 12.6. The Balaban J connectivity index is 1.65. The molecule has 3 rings (SSSR count). The maximum Gasteiger partial charge on any atom is 0.273 e. The minimum absolute atomic E-state index is 0.0149. The summed E-state index contributed by atoms with van der Waals surface area (Å²) in [5.74, 6) is -0.344. The molecule has 1 aliphatic carbocycles. The van der Waals surface area contributed by atoms with Gasteiger partial charge in [0.2, 0.25) is 5.91 Å². The molecule has 1 atom stereocenters. The van der Waals surface area contributed by atoms with Gasteiger partial charge >= 0.3 is 0 Å². The number of carbonyl (C=O) groups is 2. The number of sulfonamides is 1. The third-order valence-corrected chi connectivity index (χ3v) is 8.49. The normalized spacial score (nSPS) is 24.2. The molecule has 26 heavy (non-hydrogen) atoms. The zero-order valence-corrected chi connectivity index (χ0v) is 17.1. The van der Waals surface area contributed by atoms with Gasteiger partial charge in [-0.05, 0) is 44.2 Å². The Morgan fingerprint density at radius 1 is 1.31 bits per heavy atom. The van der Waals surface area contributed by atoms with Gasteiger partial charge in [-0.3, -0.25) is 9.59 Å². The summed E-state index contributed by atoms with van der Waals surface area (Å²) in [6.07, 6.45) is 6.52. The summed E-state index contributed by atoms with van der Waals surface area (Å²) in [6, 6.07) is 2.83. The molecule has 0 radical (unpaired) electrons. The van der Waals surface area contributed by atoms with Crippen molar-refractivity contribution in [2.45, 2.75) is 61.6 Å². The number of nitrogens with one attached hydrogen (secondary N) is 1. The van der Waals surface area contributed by atoms with Gasteiger partial charge in [-0.25, -0.2) is 13.1 Å². The van der Waals surface area contributed by atoms with Crippen molar-refractivity contribution in [2.75, 3.05) is 6.54 Å². The van der Waals surface area contributed by atoms with Crippen molar-refractivity contribution in [3.63, 3.8) is 0 Å². The number of rotatable bonds is 5. The van der Waals surface area contributed by atoms with Gasteiger partial charge in [0.25, 0.3) is 15.9 Å². The number of thiophene rings is 1. The molecule has 2 fully saturated rings. The van der Waals surface area contributed by atoms with Gasteiger partial charge in [0.15, 0.2) is 0 Å². The van der Waals surface area contributed by atoms with E-state index in [1.54, 1.807) is 6.92 Å². The molecule has 6 nitrogen and oxygen atoms in total. The van der Waals surface area contributed by atoms with Crippen LogP contribution in [0.25, 0.3) is 0 Å². The number of hydrogen-bond donors (Lipinski definition) is 1. The fourth-order valence-electron chi connectivity index (χ4n) is 3.67. The number of carbonyl (C=O) groups excluding carboxylic acids is 2. The van der Waals surface area contributed by atoms with Crippen LogP contribution in [-0.4, -0.2) is 37.2 Å². The van der Waals surface area contributed by atoms with Gasteiger partial charge in [0, 0.05) is 13.0 Å². The number of hydrogen-bond acceptors (Lipinski definition) is 5. The van der Waals surface area contributed by atoms with Crippen LogP contribution in [0.2, 0.25) is 4.34 Å². The van der Waals surface area contributed by atoms with Gasteiger partial charge in [-0.2, -0.15) is 0 Å². The van der Waals surface area contributed by atoms with E-state index in [1.807, 2.05) is 0 Å². The summed E-state index contributed by atoms with van der Waals surface area (Å²) in [7, 11) is -3.98. The highest BCUT2D eigenvalue weighted by Crippen LogP contribution is 2.35. The van der Waals surface area contributed by atoms with E-state index in [4.69, 9.17) is 11.6 Å². The van der Waals surface area contributed by atoms with Crippen LogP contribution in [0.5, 0.6) is 0 Å². The highest BCUT2D eigenvalue weighted by molar-refractivity contribution is 7.92. The van der Waals surface area contributed by atoms with Gasteiger partial charge in [-0.15, -0.1) is 11.3 Å². The molecule has 0 aromatic carbocycles. The van der Waals surface area contributed by atoms with Crippen molar-refractivity contribution in [1.82, 2.24) is 9.62 Å². The van der Waals surface area contributed by atoms with Crippen LogP contribution in [0.1, 0.15) is 51.9 Å². The van der Waals surface area contributed by atoms with Crippen LogP contribution < -0.4 is 4.72 Å². The first-order chi connectivity index (χ1) is 12.2. The standard InChI is InChI=1S/C17H23ClN2O4S2/c1-17(16(22)19-26(23,24)15-8-7-13(18)25-15)9-10-20(17)14(21)11-12-5-3-2-4-6-12/h7-8,12H,2-6,9-11H2,1H3,(H,19,22). The molecule has 1 aromatic rings. The first-order valence-electron chi connectivity index (χ1n) is 8.85. The molecule has 1 aromatic heterocycles. The van der Waals surface area contributed by atoms with Crippen molar-refractivity contribution in [3.8, 4) is 0 Å². The molecule has 1 aliphatic heterocycles. The van der Waals surface area contributed by atoms with Gasteiger partial charge in [0.1, 0.15) is 9.75 Å².